The highest BCUT2D eigenvalue weighted by Crippen LogP contribution is 2.27. The van der Waals surface area contributed by atoms with Gasteiger partial charge in [0, 0.05) is 24.4 Å². The second-order valence-electron chi connectivity index (χ2n) is 7.93. The zero-order chi connectivity index (χ0) is 21.1. The molecule has 0 spiro atoms. The topological polar surface area (TPSA) is 75.9 Å². The second-order valence-corrected chi connectivity index (χ2v) is 7.93. The normalized spacial score (nSPS) is 18.2. The number of hydrogen-bond donors (Lipinski definition) is 1. The molecule has 7 nitrogen and oxygen atoms in total. The summed E-state index contributed by atoms with van der Waals surface area (Å²) in [6, 6.07) is 11.7. The predicted octanol–water partition coefficient (Wildman–Crippen LogP) is 3.49. The number of para-hydroxylation sites is 1. The summed E-state index contributed by atoms with van der Waals surface area (Å²) in [4.78, 5) is 23.8. The van der Waals surface area contributed by atoms with E-state index in [2.05, 4.69) is 25.3 Å². The molecule has 1 saturated heterocycles. The van der Waals surface area contributed by atoms with Crippen molar-refractivity contribution < 1.29 is 4.79 Å². The fourth-order valence-electron chi connectivity index (χ4n) is 4.18. The SMILES string of the molecule is Cc1nn(-c2ccccc2)c(C)c1NC(=O)[C@H](C)N1CCC[C@@H](c2ccncn2)C1. The molecule has 30 heavy (non-hydrogen) atoms. The van der Waals surface area contributed by atoms with E-state index in [0.717, 1.165) is 54.4 Å². The van der Waals surface area contributed by atoms with Gasteiger partial charge in [0.15, 0.2) is 0 Å². The van der Waals surface area contributed by atoms with E-state index in [0.29, 0.717) is 5.92 Å². The first-order valence-corrected chi connectivity index (χ1v) is 10.5. The maximum Gasteiger partial charge on any atom is 0.241 e. The van der Waals surface area contributed by atoms with Gasteiger partial charge in [0.25, 0.3) is 0 Å². The zero-order valence-electron chi connectivity index (χ0n) is 17.7. The van der Waals surface area contributed by atoms with Gasteiger partial charge in [0.05, 0.1) is 28.8 Å². The number of hydrogen-bond acceptors (Lipinski definition) is 5. The third-order valence-electron chi connectivity index (χ3n) is 5.94. The lowest BCUT2D eigenvalue weighted by Gasteiger charge is -2.35. The van der Waals surface area contributed by atoms with E-state index in [1.54, 1.807) is 12.5 Å². The largest absolute Gasteiger partial charge is 0.322 e. The monoisotopic (exact) mass is 404 g/mol. The van der Waals surface area contributed by atoms with Gasteiger partial charge in [0.1, 0.15) is 6.33 Å². The van der Waals surface area contributed by atoms with Gasteiger partial charge in [0.2, 0.25) is 5.91 Å². The average molecular weight is 405 g/mol. The molecule has 2 aromatic heterocycles. The number of carbonyl (C=O) groups excluding carboxylic acids is 1. The van der Waals surface area contributed by atoms with Gasteiger partial charge in [-0.1, -0.05) is 18.2 Å². The second kappa shape index (κ2) is 8.75. The molecule has 4 rings (SSSR count). The van der Waals surface area contributed by atoms with Crippen LogP contribution in [0.15, 0.2) is 48.9 Å². The molecule has 0 aliphatic carbocycles. The summed E-state index contributed by atoms with van der Waals surface area (Å²) < 4.78 is 1.88. The van der Waals surface area contributed by atoms with Crippen LogP contribution in [0.25, 0.3) is 5.69 Å². The average Bonchev–Trinajstić information content (AvgIpc) is 3.08. The van der Waals surface area contributed by atoms with Gasteiger partial charge in [-0.2, -0.15) is 5.10 Å². The first-order valence-electron chi connectivity index (χ1n) is 10.5. The Morgan fingerprint density at radius 1 is 1.20 bits per heavy atom. The fraction of sp³-hybridized carbons (Fsp3) is 0.391. The van der Waals surface area contributed by atoms with Crippen LogP contribution in [0, 0.1) is 13.8 Å². The highest BCUT2D eigenvalue weighted by molar-refractivity contribution is 5.95. The quantitative estimate of drug-likeness (QED) is 0.705. The number of aromatic nitrogens is 4. The van der Waals surface area contributed by atoms with Crippen LogP contribution in [-0.4, -0.2) is 49.7 Å². The van der Waals surface area contributed by atoms with Gasteiger partial charge < -0.3 is 5.32 Å². The Hall–Kier alpha value is -3.06. The van der Waals surface area contributed by atoms with E-state index in [9.17, 15) is 4.79 Å². The summed E-state index contributed by atoms with van der Waals surface area (Å²) in [6.07, 6.45) is 5.52. The van der Waals surface area contributed by atoms with E-state index in [1.807, 2.05) is 61.9 Å². The fourth-order valence-corrected chi connectivity index (χ4v) is 4.18. The summed E-state index contributed by atoms with van der Waals surface area (Å²) >= 11 is 0. The van der Waals surface area contributed by atoms with Crippen molar-refractivity contribution in [2.45, 2.75) is 45.6 Å². The third-order valence-corrected chi connectivity index (χ3v) is 5.94. The molecule has 1 N–H and O–H groups in total. The number of benzene rings is 1. The number of carbonyl (C=O) groups is 1. The minimum atomic E-state index is -0.228. The molecule has 0 saturated carbocycles. The molecule has 7 heteroatoms. The van der Waals surface area contributed by atoms with Crippen LogP contribution < -0.4 is 5.32 Å². The molecule has 1 fully saturated rings. The Kier molecular flexibility index (Phi) is 5.90. The van der Waals surface area contributed by atoms with Crippen molar-refractivity contribution in [1.82, 2.24) is 24.6 Å². The molecule has 1 aliphatic heterocycles. The van der Waals surface area contributed by atoms with Gasteiger partial charge >= 0.3 is 0 Å². The van der Waals surface area contributed by atoms with Crippen molar-refractivity contribution in [3.63, 3.8) is 0 Å². The van der Waals surface area contributed by atoms with Crippen LogP contribution in [0.3, 0.4) is 0 Å². The number of nitrogens with one attached hydrogen (secondary N) is 1. The van der Waals surface area contributed by atoms with E-state index in [-0.39, 0.29) is 11.9 Å². The van der Waals surface area contributed by atoms with Crippen LogP contribution in [0.4, 0.5) is 5.69 Å². The predicted molar refractivity (Wildman–Crippen MR) is 117 cm³/mol. The van der Waals surface area contributed by atoms with E-state index in [1.165, 1.54) is 0 Å². The number of likely N-dealkylation sites (tertiary alicyclic amines) is 1. The van der Waals surface area contributed by atoms with Crippen LogP contribution in [0.5, 0.6) is 0 Å². The summed E-state index contributed by atoms with van der Waals surface area (Å²) in [5.41, 5.74) is 4.57. The molecule has 1 amide bonds. The van der Waals surface area contributed by atoms with Crippen molar-refractivity contribution in [2.75, 3.05) is 18.4 Å². The van der Waals surface area contributed by atoms with Crippen LogP contribution in [0.2, 0.25) is 0 Å². The van der Waals surface area contributed by atoms with Gasteiger partial charge in [-0.15, -0.1) is 0 Å². The van der Waals surface area contributed by atoms with Crippen LogP contribution in [0.1, 0.15) is 42.8 Å². The lowest BCUT2D eigenvalue weighted by Crippen LogP contribution is -2.46. The number of rotatable bonds is 5. The molecule has 3 heterocycles. The Balaban J connectivity index is 1.47. The summed E-state index contributed by atoms with van der Waals surface area (Å²) in [6.45, 7) is 7.63. The van der Waals surface area contributed by atoms with E-state index < -0.39 is 0 Å². The van der Waals surface area contributed by atoms with Crippen molar-refractivity contribution >= 4 is 11.6 Å². The maximum absolute atomic E-state index is 13.1. The highest BCUT2D eigenvalue weighted by Gasteiger charge is 2.29. The number of piperidine rings is 1. The smallest absolute Gasteiger partial charge is 0.241 e. The van der Waals surface area contributed by atoms with Crippen molar-refractivity contribution in [2.24, 2.45) is 0 Å². The minimum Gasteiger partial charge on any atom is -0.322 e. The molecular formula is C23H28N6O. The third kappa shape index (κ3) is 4.11. The molecule has 0 unspecified atom stereocenters. The van der Waals surface area contributed by atoms with Crippen LogP contribution in [-0.2, 0) is 4.79 Å². The first kappa shape index (κ1) is 20.2. The first-order chi connectivity index (χ1) is 14.5. The van der Waals surface area contributed by atoms with Crippen molar-refractivity contribution in [3.05, 3.63) is 66.0 Å². The number of aryl methyl sites for hydroxylation is 1. The van der Waals surface area contributed by atoms with Gasteiger partial charge in [-0.3, -0.25) is 9.69 Å². The lowest BCUT2D eigenvalue weighted by atomic mass is 9.93. The summed E-state index contributed by atoms with van der Waals surface area (Å²) in [7, 11) is 0. The molecular weight excluding hydrogens is 376 g/mol. The highest BCUT2D eigenvalue weighted by atomic mass is 16.2. The Labute approximate surface area is 177 Å². The van der Waals surface area contributed by atoms with E-state index in [4.69, 9.17) is 0 Å². The molecule has 0 radical (unpaired) electrons. The Morgan fingerprint density at radius 3 is 2.73 bits per heavy atom. The molecule has 2 atom stereocenters. The van der Waals surface area contributed by atoms with Crippen molar-refractivity contribution in [1.29, 1.82) is 0 Å². The number of amides is 1. The molecule has 1 aromatic carbocycles. The van der Waals surface area contributed by atoms with Gasteiger partial charge in [-0.25, -0.2) is 14.6 Å². The number of anilines is 1. The zero-order valence-corrected chi connectivity index (χ0v) is 17.7. The Morgan fingerprint density at radius 2 is 2.00 bits per heavy atom. The molecule has 1 aliphatic rings. The maximum atomic E-state index is 13.1. The van der Waals surface area contributed by atoms with Crippen molar-refractivity contribution in [3.8, 4) is 5.69 Å². The standard InChI is InChI=1S/C23H28N6O/c1-16-22(17(2)29(27-16)20-9-5-4-6-10-20)26-23(30)18(3)28-13-7-8-19(14-28)21-11-12-24-15-25-21/h4-6,9-12,15,18-19H,7-8,13-14H2,1-3H3,(H,26,30)/t18-,19+/m0/s1. The summed E-state index contributed by atoms with van der Waals surface area (Å²) in [5, 5.41) is 7.76. The number of nitrogens with zero attached hydrogens (tertiary/aromatic N) is 5. The van der Waals surface area contributed by atoms with Gasteiger partial charge in [-0.05, 0) is 58.4 Å². The molecule has 156 valence electrons. The van der Waals surface area contributed by atoms with E-state index >= 15 is 0 Å². The minimum absolute atomic E-state index is 0.00264. The summed E-state index contributed by atoms with van der Waals surface area (Å²) in [5.74, 6) is 0.332. The molecule has 0 bridgehead atoms. The Bertz CT molecular complexity index is 1000. The van der Waals surface area contributed by atoms with Crippen LogP contribution >= 0.6 is 0 Å². The molecule has 3 aromatic rings. The lowest BCUT2D eigenvalue weighted by molar-refractivity contribution is -0.121.